The molecule has 6 heteroatoms. The third-order valence-electron chi connectivity index (χ3n) is 3.02. The maximum absolute atomic E-state index is 5.67. The summed E-state index contributed by atoms with van der Waals surface area (Å²) in [4.78, 5) is 10.9. The van der Waals surface area contributed by atoms with E-state index in [1.165, 1.54) is 0 Å². The lowest BCUT2D eigenvalue weighted by atomic mass is 10.4. The van der Waals surface area contributed by atoms with E-state index in [0.717, 1.165) is 31.3 Å². The summed E-state index contributed by atoms with van der Waals surface area (Å²) < 4.78 is 4.06. The summed E-state index contributed by atoms with van der Waals surface area (Å²) >= 11 is 0. The molecule has 0 aromatic carbocycles. The number of imidazole rings is 2. The van der Waals surface area contributed by atoms with Gasteiger partial charge in [0.15, 0.2) is 0 Å². The van der Waals surface area contributed by atoms with E-state index in [1.54, 1.807) is 0 Å². The van der Waals surface area contributed by atoms with Crippen LogP contribution in [-0.4, -0.2) is 37.1 Å². The molecule has 2 rings (SSSR count). The quantitative estimate of drug-likeness (QED) is 0.788. The summed E-state index contributed by atoms with van der Waals surface area (Å²) in [7, 11) is 4.01. The normalized spacial score (nSPS) is 11.3. The number of rotatable bonds is 6. The summed E-state index contributed by atoms with van der Waals surface area (Å²) in [5.74, 6) is 2.08. The predicted octanol–water partition coefficient (Wildman–Crippen LogP) is 0.115. The van der Waals surface area contributed by atoms with Crippen molar-refractivity contribution in [2.75, 3.05) is 13.1 Å². The summed E-state index contributed by atoms with van der Waals surface area (Å²) in [6.07, 6.45) is 7.54. The van der Waals surface area contributed by atoms with Gasteiger partial charge in [0.25, 0.3) is 0 Å². The minimum absolute atomic E-state index is 0.634. The van der Waals surface area contributed by atoms with Crippen LogP contribution in [0.2, 0.25) is 0 Å². The number of hydrogen-bond donors (Lipinski definition) is 1. The standard InChI is InChI=1S/C12H20N6/c1-16-7-4-14-11(16)9-18(6-3-13)10-12-15-5-8-17(12)2/h4-5,7-8H,3,6,9-10,13H2,1-2H3. The second kappa shape index (κ2) is 5.79. The fourth-order valence-corrected chi connectivity index (χ4v) is 1.89. The van der Waals surface area contributed by atoms with Crippen molar-refractivity contribution in [1.82, 2.24) is 24.0 Å². The highest BCUT2D eigenvalue weighted by atomic mass is 15.2. The van der Waals surface area contributed by atoms with Gasteiger partial charge in [0.05, 0.1) is 13.1 Å². The number of nitrogens with zero attached hydrogens (tertiary/aromatic N) is 5. The fourth-order valence-electron chi connectivity index (χ4n) is 1.89. The van der Waals surface area contributed by atoms with Gasteiger partial charge in [-0.15, -0.1) is 0 Å². The van der Waals surface area contributed by atoms with Crippen LogP contribution in [0.15, 0.2) is 24.8 Å². The Kier molecular flexibility index (Phi) is 4.11. The number of aromatic nitrogens is 4. The SMILES string of the molecule is Cn1ccnc1CN(CCN)Cc1nccn1C. The van der Waals surface area contributed by atoms with Crippen LogP contribution in [0.3, 0.4) is 0 Å². The van der Waals surface area contributed by atoms with Gasteiger partial charge in [-0.25, -0.2) is 9.97 Å². The Morgan fingerprint density at radius 3 is 1.89 bits per heavy atom. The predicted molar refractivity (Wildman–Crippen MR) is 69.6 cm³/mol. The molecule has 18 heavy (non-hydrogen) atoms. The molecular weight excluding hydrogens is 228 g/mol. The second-order valence-corrected chi connectivity index (χ2v) is 4.41. The lowest BCUT2D eigenvalue weighted by Crippen LogP contribution is -2.30. The first-order valence-electron chi connectivity index (χ1n) is 6.05. The van der Waals surface area contributed by atoms with E-state index >= 15 is 0 Å². The highest BCUT2D eigenvalue weighted by Crippen LogP contribution is 2.06. The molecule has 0 aliphatic carbocycles. The van der Waals surface area contributed by atoms with Gasteiger partial charge >= 0.3 is 0 Å². The highest BCUT2D eigenvalue weighted by Gasteiger charge is 2.11. The number of aryl methyl sites for hydroxylation is 2. The zero-order chi connectivity index (χ0) is 13.0. The van der Waals surface area contributed by atoms with Gasteiger partial charge in [-0.3, -0.25) is 4.90 Å². The number of hydrogen-bond acceptors (Lipinski definition) is 4. The Morgan fingerprint density at radius 1 is 1.06 bits per heavy atom. The van der Waals surface area contributed by atoms with Gasteiger partial charge in [-0.1, -0.05) is 0 Å². The first-order valence-corrected chi connectivity index (χ1v) is 6.05. The zero-order valence-electron chi connectivity index (χ0n) is 11.0. The molecule has 0 unspecified atom stereocenters. The van der Waals surface area contributed by atoms with Gasteiger partial charge in [0.2, 0.25) is 0 Å². The lowest BCUT2D eigenvalue weighted by molar-refractivity contribution is 0.246. The molecule has 0 bridgehead atoms. The molecule has 0 amide bonds. The maximum Gasteiger partial charge on any atom is 0.122 e. The number of nitrogens with two attached hydrogens (primary N) is 1. The second-order valence-electron chi connectivity index (χ2n) is 4.41. The summed E-state index contributed by atoms with van der Waals surface area (Å²) in [5.41, 5.74) is 5.67. The van der Waals surface area contributed by atoms with Gasteiger partial charge in [0, 0.05) is 52.0 Å². The average Bonchev–Trinajstić information content (AvgIpc) is 2.90. The lowest BCUT2D eigenvalue weighted by Gasteiger charge is -2.20. The molecule has 2 heterocycles. The first-order chi connectivity index (χ1) is 8.70. The Balaban J connectivity index is 2.04. The molecule has 0 saturated carbocycles. The molecule has 98 valence electrons. The summed E-state index contributed by atoms with van der Waals surface area (Å²) in [6, 6.07) is 0. The largest absolute Gasteiger partial charge is 0.337 e. The van der Waals surface area contributed by atoms with Crippen LogP contribution in [0.5, 0.6) is 0 Å². The van der Waals surface area contributed by atoms with E-state index in [-0.39, 0.29) is 0 Å². The molecule has 0 spiro atoms. The minimum atomic E-state index is 0.634. The molecule has 0 saturated heterocycles. The Labute approximate surface area is 107 Å². The van der Waals surface area contributed by atoms with Crippen molar-refractivity contribution < 1.29 is 0 Å². The van der Waals surface area contributed by atoms with E-state index in [2.05, 4.69) is 14.9 Å². The van der Waals surface area contributed by atoms with Crippen molar-refractivity contribution in [3.8, 4) is 0 Å². The fraction of sp³-hybridized carbons (Fsp3) is 0.500. The van der Waals surface area contributed by atoms with Gasteiger partial charge < -0.3 is 14.9 Å². The molecule has 2 aromatic heterocycles. The van der Waals surface area contributed by atoms with Crippen molar-refractivity contribution in [3.05, 3.63) is 36.4 Å². The van der Waals surface area contributed by atoms with Crippen LogP contribution in [0, 0.1) is 0 Å². The molecule has 6 nitrogen and oxygen atoms in total. The van der Waals surface area contributed by atoms with Gasteiger partial charge in [0.1, 0.15) is 11.6 Å². The highest BCUT2D eigenvalue weighted by molar-refractivity contribution is 4.94. The smallest absolute Gasteiger partial charge is 0.122 e. The van der Waals surface area contributed by atoms with Crippen LogP contribution in [0.1, 0.15) is 11.6 Å². The maximum atomic E-state index is 5.67. The third kappa shape index (κ3) is 2.96. The van der Waals surface area contributed by atoms with Crippen molar-refractivity contribution in [3.63, 3.8) is 0 Å². The summed E-state index contributed by atoms with van der Waals surface area (Å²) in [6.45, 7) is 3.04. The van der Waals surface area contributed by atoms with Crippen LogP contribution in [0.25, 0.3) is 0 Å². The van der Waals surface area contributed by atoms with Gasteiger partial charge in [-0.2, -0.15) is 0 Å². The molecule has 0 fully saturated rings. The van der Waals surface area contributed by atoms with E-state index in [9.17, 15) is 0 Å². The Morgan fingerprint density at radius 2 is 1.56 bits per heavy atom. The third-order valence-corrected chi connectivity index (χ3v) is 3.02. The minimum Gasteiger partial charge on any atom is -0.337 e. The van der Waals surface area contributed by atoms with Crippen LogP contribution < -0.4 is 5.73 Å². The molecule has 0 aliphatic rings. The van der Waals surface area contributed by atoms with Crippen molar-refractivity contribution in [2.24, 2.45) is 19.8 Å². The van der Waals surface area contributed by atoms with E-state index < -0.39 is 0 Å². The van der Waals surface area contributed by atoms with Crippen molar-refractivity contribution >= 4 is 0 Å². The van der Waals surface area contributed by atoms with E-state index in [4.69, 9.17) is 5.73 Å². The Hall–Kier alpha value is -1.66. The molecule has 0 aliphatic heterocycles. The zero-order valence-corrected chi connectivity index (χ0v) is 11.0. The van der Waals surface area contributed by atoms with Crippen LogP contribution in [0.4, 0.5) is 0 Å². The van der Waals surface area contributed by atoms with Crippen LogP contribution >= 0.6 is 0 Å². The van der Waals surface area contributed by atoms with Crippen molar-refractivity contribution in [2.45, 2.75) is 13.1 Å². The van der Waals surface area contributed by atoms with Gasteiger partial charge in [-0.05, 0) is 0 Å². The molecule has 2 N–H and O–H groups in total. The monoisotopic (exact) mass is 248 g/mol. The molecule has 0 atom stereocenters. The average molecular weight is 248 g/mol. The van der Waals surface area contributed by atoms with Crippen molar-refractivity contribution in [1.29, 1.82) is 0 Å². The van der Waals surface area contributed by atoms with Crippen LogP contribution in [-0.2, 0) is 27.2 Å². The topological polar surface area (TPSA) is 64.9 Å². The molecule has 0 radical (unpaired) electrons. The molecular formula is C12H20N6. The van der Waals surface area contributed by atoms with E-state index in [1.807, 2.05) is 48.0 Å². The first kappa shape index (κ1) is 12.8. The molecule has 2 aromatic rings. The Bertz CT molecular complexity index is 444. The summed E-state index contributed by atoms with van der Waals surface area (Å²) in [5, 5.41) is 0. The van der Waals surface area contributed by atoms with E-state index in [0.29, 0.717) is 6.54 Å².